The van der Waals surface area contributed by atoms with Crippen molar-refractivity contribution < 1.29 is 4.79 Å². The lowest BCUT2D eigenvalue weighted by molar-refractivity contribution is -0.134. The number of fused-ring (bicyclic) bond motifs is 3. The van der Waals surface area contributed by atoms with Crippen LogP contribution in [-0.4, -0.2) is 5.78 Å². The zero-order valence-corrected chi connectivity index (χ0v) is 16.0. The number of hydrogen-bond donors (Lipinski definition) is 0. The van der Waals surface area contributed by atoms with E-state index in [1.54, 1.807) is 5.57 Å². The molecule has 0 bridgehead atoms. The molecule has 3 rings (SSSR count). The van der Waals surface area contributed by atoms with Crippen molar-refractivity contribution in [3.63, 3.8) is 0 Å². The lowest BCUT2D eigenvalue weighted by Gasteiger charge is -2.58. The zero-order valence-electron chi connectivity index (χ0n) is 16.0. The van der Waals surface area contributed by atoms with Crippen LogP contribution in [-0.2, 0) is 4.79 Å². The Bertz CT molecular complexity index is 597. The molecule has 0 amide bonds. The Balaban J connectivity index is 1.98. The second-order valence-corrected chi connectivity index (χ2v) is 9.31. The van der Waals surface area contributed by atoms with Crippen molar-refractivity contribution in [2.45, 2.75) is 72.6 Å². The van der Waals surface area contributed by atoms with Gasteiger partial charge >= 0.3 is 0 Å². The van der Waals surface area contributed by atoms with E-state index in [2.05, 4.69) is 39.5 Å². The molecular formula is C23H34O. The van der Waals surface area contributed by atoms with Gasteiger partial charge in [0.05, 0.1) is 0 Å². The summed E-state index contributed by atoms with van der Waals surface area (Å²) in [5, 5.41) is 0. The Kier molecular flexibility index (Phi) is 4.43. The summed E-state index contributed by atoms with van der Waals surface area (Å²) < 4.78 is 0. The summed E-state index contributed by atoms with van der Waals surface area (Å²) in [6, 6.07) is 0. The first-order valence-electron chi connectivity index (χ1n) is 9.80. The summed E-state index contributed by atoms with van der Waals surface area (Å²) >= 11 is 0. The molecule has 0 saturated heterocycles. The molecule has 0 radical (unpaired) electrons. The highest BCUT2D eigenvalue weighted by Gasteiger charge is 2.56. The number of rotatable bonds is 3. The van der Waals surface area contributed by atoms with E-state index < -0.39 is 0 Å². The number of ketones is 1. The summed E-state index contributed by atoms with van der Waals surface area (Å²) in [5.74, 6) is 1.55. The molecule has 5 atom stereocenters. The van der Waals surface area contributed by atoms with Gasteiger partial charge in [-0.25, -0.2) is 0 Å². The monoisotopic (exact) mass is 326 g/mol. The average Bonchev–Trinajstić information content (AvgIpc) is 2.54. The maximum absolute atomic E-state index is 12.9. The minimum absolute atomic E-state index is 0.176. The molecule has 24 heavy (non-hydrogen) atoms. The van der Waals surface area contributed by atoms with Crippen LogP contribution in [0.15, 0.2) is 36.5 Å². The van der Waals surface area contributed by atoms with Gasteiger partial charge in [-0.15, -0.1) is 6.58 Å². The van der Waals surface area contributed by atoms with E-state index >= 15 is 0 Å². The molecule has 0 heterocycles. The largest absolute Gasteiger partial charge is 0.294 e. The van der Waals surface area contributed by atoms with Gasteiger partial charge in [-0.05, 0) is 74.2 Å². The van der Waals surface area contributed by atoms with E-state index in [1.807, 2.05) is 19.1 Å². The van der Waals surface area contributed by atoms with E-state index in [9.17, 15) is 4.79 Å². The van der Waals surface area contributed by atoms with E-state index in [-0.39, 0.29) is 16.2 Å². The normalized spacial score (nSPS) is 45.2. The van der Waals surface area contributed by atoms with E-state index in [4.69, 9.17) is 0 Å². The van der Waals surface area contributed by atoms with Crippen molar-refractivity contribution in [1.29, 1.82) is 0 Å². The molecule has 3 aliphatic rings. The highest BCUT2D eigenvalue weighted by atomic mass is 16.1. The number of allylic oxidation sites excluding steroid dienone is 5. The Labute approximate surface area is 148 Å². The predicted octanol–water partition coefficient (Wildman–Crippen LogP) is 6.27. The minimum Gasteiger partial charge on any atom is -0.294 e. The SMILES string of the molecule is C=C[C@]1(C)CC=C2C(CCC3[C@@](C)(C(=O)/C=C/C)CCC[C@]23C)C1. The van der Waals surface area contributed by atoms with Crippen molar-refractivity contribution in [3.8, 4) is 0 Å². The van der Waals surface area contributed by atoms with Gasteiger partial charge in [0.25, 0.3) is 0 Å². The lowest BCUT2D eigenvalue weighted by atomic mass is 9.45. The minimum atomic E-state index is -0.176. The van der Waals surface area contributed by atoms with Crippen molar-refractivity contribution in [2.75, 3.05) is 0 Å². The fourth-order valence-electron chi connectivity index (χ4n) is 6.25. The molecule has 3 aliphatic carbocycles. The molecule has 0 N–H and O–H groups in total. The molecule has 1 nitrogen and oxygen atoms in total. The van der Waals surface area contributed by atoms with Crippen molar-refractivity contribution >= 4 is 5.78 Å². The molecule has 132 valence electrons. The third kappa shape index (κ3) is 2.55. The number of carbonyl (C=O) groups excluding carboxylic acids is 1. The highest BCUT2D eigenvalue weighted by Crippen LogP contribution is 2.64. The molecule has 0 aromatic rings. The Morgan fingerprint density at radius 1 is 1.25 bits per heavy atom. The van der Waals surface area contributed by atoms with Crippen LogP contribution in [0.2, 0.25) is 0 Å². The van der Waals surface area contributed by atoms with Crippen LogP contribution in [0.5, 0.6) is 0 Å². The van der Waals surface area contributed by atoms with Crippen LogP contribution in [0.4, 0.5) is 0 Å². The maximum Gasteiger partial charge on any atom is 0.161 e. The fraction of sp³-hybridized carbons (Fsp3) is 0.696. The van der Waals surface area contributed by atoms with Crippen LogP contribution in [0.25, 0.3) is 0 Å². The highest BCUT2D eigenvalue weighted by molar-refractivity contribution is 5.95. The maximum atomic E-state index is 12.9. The first kappa shape index (κ1) is 17.7. The summed E-state index contributed by atoms with van der Waals surface area (Å²) in [7, 11) is 0. The van der Waals surface area contributed by atoms with Gasteiger partial charge in [0, 0.05) is 5.41 Å². The van der Waals surface area contributed by atoms with E-state index in [0.29, 0.717) is 17.6 Å². The fourth-order valence-corrected chi connectivity index (χ4v) is 6.25. The molecule has 1 heteroatoms. The predicted molar refractivity (Wildman–Crippen MR) is 102 cm³/mol. The summed E-state index contributed by atoms with van der Waals surface area (Å²) in [6.45, 7) is 13.1. The summed E-state index contributed by atoms with van der Waals surface area (Å²) in [5.41, 5.74) is 1.98. The molecular weight excluding hydrogens is 292 g/mol. The van der Waals surface area contributed by atoms with Crippen molar-refractivity contribution in [3.05, 3.63) is 36.5 Å². The topological polar surface area (TPSA) is 17.1 Å². The second kappa shape index (κ2) is 6.00. The van der Waals surface area contributed by atoms with Gasteiger partial charge in [0.15, 0.2) is 5.78 Å². The van der Waals surface area contributed by atoms with E-state index in [1.165, 1.54) is 32.1 Å². The summed E-state index contributed by atoms with van der Waals surface area (Å²) in [6.07, 6.45) is 16.7. The molecule has 2 unspecified atom stereocenters. The van der Waals surface area contributed by atoms with Crippen molar-refractivity contribution in [1.82, 2.24) is 0 Å². The Hall–Kier alpha value is -1.11. The number of hydrogen-bond acceptors (Lipinski definition) is 1. The van der Waals surface area contributed by atoms with Crippen LogP contribution >= 0.6 is 0 Å². The zero-order chi connectivity index (χ0) is 17.6. The van der Waals surface area contributed by atoms with E-state index in [0.717, 1.165) is 12.8 Å². The summed E-state index contributed by atoms with van der Waals surface area (Å²) in [4.78, 5) is 12.9. The smallest absolute Gasteiger partial charge is 0.161 e. The third-order valence-electron chi connectivity index (χ3n) is 7.71. The Morgan fingerprint density at radius 2 is 2.00 bits per heavy atom. The standard InChI is InChI=1S/C23H34O/c1-6-9-20(24)23(5)14-8-13-22(4)18-12-15-21(3,7-2)16-17(18)10-11-19(22)23/h6-7,9,12,17,19H,2,8,10-11,13-16H2,1,3-5H3/b9-6+/t17?,19?,21-,22-,23+/m1/s1. The average molecular weight is 327 g/mol. The van der Waals surface area contributed by atoms with Gasteiger partial charge < -0.3 is 0 Å². The van der Waals surface area contributed by atoms with Gasteiger partial charge in [-0.2, -0.15) is 0 Å². The lowest BCUT2D eigenvalue weighted by Crippen LogP contribution is -2.52. The quantitative estimate of drug-likeness (QED) is 0.441. The first-order valence-corrected chi connectivity index (χ1v) is 9.80. The second-order valence-electron chi connectivity index (χ2n) is 9.31. The molecule has 2 fully saturated rings. The molecule has 0 aliphatic heterocycles. The van der Waals surface area contributed by atoms with Crippen molar-refractivity contribution in [2.24, 2.45) is 28.1 Å². The number of carbonyl (C=O) groups is 1. The van der Waals surface area contributed by atoms with Crippen LogP contribution < -0.4 is 0 Å². The van der Waals surface area contributed by atoms with Crippen LogP contribution in [0, 0.1) is 28.1 Å². The molecule has 0 aromatic heterocycles. The first-order chi connectivity index (χ1) is 11.3. The Morgan fingerprint density at radius 3 is 2.67 bits per heavy atom. The molecule has 0 aromatic carbocycles. The van der Waals surface area contributed by atoms with Crippen LogP contribution in [0.3, 0.4) is 0 Å². The molecule has 0 spiro atoms. The van der Waals surface area contributed by atoms with Gasteiger partial charge in [0.2, 0.25) is 0 Å². The molecule has 2 saturated carbocycles. The van der Waals surface area contributed by atoms with Gasteiger partial charge in [-0.1, -0.05) is 51.0 Å². The van der Waals surface area contributed by atoms with Crippen LogP contribution in [0.1, 0.15) is 72.6 Å². The van der Waals surface area contributed by atoms with Gasteiger partial charge in [0.1, 0.15) is 0 Å². The third-order valence-corrected chi connectivity index (χ3v) is 7.71. The van der Waals surface area contributed by atoms with Gasteiger partial charge in [-0.3, -0.25) is 4.79 Å².